The Morgan fingerprint density at radius 1 is 0.957 bits per heavy atom. The van der Waals surface area contributed by atoms with Crippen molar-refractivity contribution in [2.24, 2.45) is 5.92 Å². The van der Waals surface area contributed by atoms with Gasteiger partial charge in [-0.25, -0.2) is 0 Å². The van der Waals surface area contributed by atoms with Crippen molar-refractivity contribution in [3.8, 4) is 0 Å². The minimum atomic E-state index is 0.446. The van der Waals surface area contributed by atoms with Crippen LogP contribution in [0.2, 0.25) is 0 Å². The Labute approximate surface area is 146 Å². The van der Waals surface area contributed by atoms with Crippen molar-refractivity contribution < 1.29 is 4.79 Å². The molecule has 1 aliphatic carbocycles. The molecule has 3 rings (SSSR count). The van der Waals surface area contributed by atoms with Crippen LogP contribution >= 0.6 is 11.8 Å². The molecule has 0 bridgehead atoms. The van der Waals surface area contributed by atoms with E-state index in [0.717, 1.165) is 37.6 Å². The summed E-state index contributed by atoms with van der Waals surface area (Å²) in [6, 6.07) is 0.455. The standard InChI is InChI=1S/C19H34N2OS/c22-19(10-9-17-7-2-3-8-17)21-13-6-14-23-16-18(21)15-20-11-4-1-5-12-20/h17-18H,1-16H2. The van der Waals surface area contributed by atoms with Gasteiger partial charge in [0, 0.05) is 25.3 Å². The fourth-order valence-electron chi connectivity index (χ4n) is 4.52. The third kappa shape index (κ3) is 5.38. The fourth-order valence-corrected chi connectivity index (χ4v) is 5.58. The minimum Gasteiger partial charge on any atom is -0.338 e. The van der Waals surface area contributed by atoms with Gasteiger partial charge < -0.3 is 9.80 Å². The first-order valence-corrected chi connectivity index (χ1v) is 11.1. The van der Waals surface area contributed by atoms with E-state index in [1.165, 1.54) is 70.2 Å². The van der Waals surface area contributed by atoms with Crippen molar-refractivity contribution in [1.29, 1.82) is 0 Å². The van der Waals surface area contributed by atoms with Crippen molar-refractivity contribution in [2.45, 2.75) is 70.3 Å². The lowest BCUT2D eigenvalue weighted by molar-refractivity contribution is -0.133. The van der Waals surface area contributed by atoms with Crippen molar-refractivity contribution in [3.63, 3.8) is 0 Å². The fraction of sp³-hybridized carbons (Fsp3) is 0.947. The summed E-state index contributed by atoms with van der Waals surface area (Å²) in [4.78, 5) is 17.7. The molecule has 132 valence electrons. The summed E-state index contributed by atoms with van der Waals surface area (Å²) in [6.45, 7) is 4.59. The molecule has 0 aromatic rings. The number of piperidine rings is 1. The highest BCUT2D eigenvalue weighted by Crippen LogP contribution is 2.29. The third-order valence-corrected chi connectivity index (χ3v) is 7.12. The number of carbonyl (C=O) groups is 1. The molecular weight excluding hydrogens is 304 g/mol. The maximum atomic E-state index is 12.9. The van der Waals surface area contributed by atoms with Gasteiger partial charge in [-0.2, -0.15) is 11.8 Å². The van der Waals surface area contributed by atoms with E-state index in [1.54, 1.807) is 0 Å². The molecule has 2 saturated heterocycles. The Kier molecular flexibility index (Phi) is 7.12. The normalized spacial score (nSPS) is 28.0. The van der Waals surface area contributed by atoms with Crippen LogP contribution in [0.25, 0.3) is 0 Å². The second-order valence-corrected chi connectivity index (χ2v) is 8.87. The number of hydrogen-bond acceptors (Lipinski definition) is 3. The summed E-state index contributed by atoms with van der Waals surface area (Å²) in [7, 11) is 0. The summed E-state index contributed by atoms with van der Waals surface area (Å²) in [5.74, 6) is 3.65. The molecular formula is C19H34N2OS. The van der Waals surface area contributed by atoms with Crippen LogP contribution in [0.4, 0.5) is 0 Å². The van der Waals surface area contributed by atoms with E-state index in [9.17, 15) is 4.79 Å². The lowest BCUT2D eigenvalue weighted by Gasteiger charge is -2.36. The quantitative estimate of drug-likeness (QED) is 0.762. The van der Waals surface area contributed by atoms with Crippen molar-refractivity contribution in [2.75, 3.05) is 37.7 Å². The third-order valence-electron chi connectivity index (χ3n) is 5.92. The van der Waals surface area contributed by atoms with Crippen LogP contribution < -0.4 is 0 Å². The van der Waals surface area contributed by atoms with Crippen LogP contribution in [0.3, 0.4) is 0 Å². The van der Waals surface area contributed by atoms with Crippen molar-refractivity contribution in [3.05, 3.63) is 0 Å². The molecule has 1 saturated carbocycles. The maximum Gasteiger partial charge on any atom is 0.222 e. The topological polar surface area (TPSA) is 23.6 Å². The molecule has 0 radical (unpaired) electrons. The zero-order valence-electron chi connectivity index (χ0n) is 14.7. The van der Waals surface area contributed by atoms with E-state index < -0.39 is 0 Å². The lowest BCUT2D eigenvalue weighted by Crippen LogP contribution is -2.49. The number of likely N-dealkylation sites (tertiary alicyclic amines) is 1. The number of amides is 1. The van der Waals surface area contributed by atoms with E-state index >= 15 is 0 Å². The molecule has 1 unspecified atom stereocenters. The number of hydrogen-bond donors (Lipinski definition) is 0. The zero-order chi connectivity index (χ0) is 15.9. The Balaban J connectivity index is 1.52. The lowest BCUT2D eigenvalue weighted by atomic mass is 10.0. The van der Waals surface area contributed by atoms with Crippen molar-refractivity contribution >= 4 is 17.7 Å². The summed E-state index contributed by atoms with van der Waals surface area (Å²) < 4.78 is 0. The average molecular weight is 339 g/mol. The van der Waals surface area contributed by atoms with Gasteiger partial charge in [-0.05, 0) is 50.4 Å². The highest BCUT2D eigenvalue weighted by molar-refractivity contribution is 7.99. The summed E-state index contributed by atoms with van der Waals surface area (Å²) in [5.41, 5.74) is 0. The van der Waals surface area contributed by atoms with Gasteiger partial charge in [-0.1, -0.05) is 32.1 Å². The zero-order valence-corrected chi connectivity index (χ0v) is 15.5. The van der Waals surface area contributed by atoms with Crippen molar-refractivity contribution in [1.82, 2.24) is 9.80 Å². The number of thioether (sulfide) groups is 1. The molecule has 1 atom stereocenters. The smallest absolute Gasteiger partial charge is 0.222 e. The van der Waals surface area contributed by atoms with Crippen LogP contribution in [-0.4, -0.2) is 59.4 Å². The van der Waals surface area contributed by atoms with Gasteiger partial charge in [0.05, 0.1) is 6.04 Å². The Hall–Kier alpha value is -0.220. The van der Waals surface area contributed by atoms with Gasteiger partial charge in [-0.3, -0.25) is 4.79 Å². The molecule has 3 nitrogen and oxygen atoms in total. The Morgan fingerprint density at radius 2 is 1.74 bits per heavy atom. The molecule has 2 heterocycles. The molecule has 0 N–H and O–H groups in total. The van der Waals surface area contributed by atoms with Crippen LogP contribution in [0.1, 0.15) is 64.2 Å². The molecule has 0 spiro atoms. The maximum absolute atomic E-state index is 12.9. The Morgan fingerprint density at radius 3 is 2.52 bits per heavy atom. The minimum absolute atomic E-state index is 0.446. The average Bonchev–Trinajstić information content (AvgIpc) is 2.99. The molecule has 3 fully saturated rings. The molecule has 4 heteroatoms. The summed E-state index contributed by atoms with van der Waals surface area (Å²) >= 11 is 2.06. The predicted molar refractivity (Wildman–Crippen MR) is 98.9 cm³/mol. The first-order valence-electron chi connectivity index (χ1n) is 9.92. The van der Waals surface area contributed by atoms with Gasteiger partial charge in [-0.15, -0.1) is 0 Å². The van der Waals surface area contributed by atoms with Gasteiger partial charge in [0.25, 0.3) is 0 Å². The van der Waals surface area contributed by atoms with Crippen LogP contribution in [-0.2, 0) is 4.79 Å². The molecule has 2 aliphatic heterocycles. The highest BCUT2D eigenvalue weighted by atomic mass is 32.2. The number of carbonyl (C=O) groups excluding carboxylic acids is 1. The molecule has 23 heavy (non-hydrogen) atoms. The first-order chi connectivity index (χ1) is 11.3. The van der Waals surface area contributed by atoms with Gasteiger partial charge in [0.15, 0.2) is 0 Å². The SMILES string of the molecule is O=C(CCC1CCCC1)N1CCCSCC1CN1CCCCC1. The van der Waals surface area contributed by atoms with E-state index in [4.69, 9.17) is 0 Å². The number of nitrogens with zero attached hydrogens (tertiary/aromatic N) is 2. The second kappa shape index (κ2) is 9.31. The van der Waals surface area contributed by atoms with Crippen LogP contribution in [0.15, 0.2) is 0 Å². The summed E-state index contributed by atoms with van der Waals surface area (Å²) in [6.07, 6.45) is 12.7. The predicted octanol–water partition coefficient (Wildman–Crippen LogP) is 3.78. The molecule has 0 aromatic heterocycles. The van der Waals surface area contributed by atoms with E-state index in [0.29, 0.717) is 11.9 Å². The van der Waals surface area contributed by atoms with Gasteiger partial charge in [0.1, 0.15) is 0 Å². The molecule has 1 amide bonds. The Bertz CT molecular complexity index is 364. The monoisotopic (exact) mass is 338 g/mol. The van der Waals surface area contributed by atoms with E-state index in [1.807, 2.05) is 0 Å². The van der Waals surface area contributed by atoms with Gasteiger partial charge in [0.2, 0.25) is 5.91 Å². The second-order valence-electron chi connectivity index (χ2n) is 7.72. The summed E-state index contributed by atoms with van der Waals surface area (Å²) in [5, 5.41) is 0. The van der Waals surface area contributed by atoms with E-state index in [2.05, 4.69) is 21.6 Å². The number of rotatable bonds is 5. The molecule has 3 aliphatic rings. The molecule has 0 aromatic carbocycles. The highest BCUT2D eigenvalue weighted by Gasteiger charge is 2.28. The van der Waals surface area contributed by atoms with E-state index in [-0.39, 0.29) is 0 Å². The largest absolute Gasteiger partial charge is 0.338 e. The van der Waals surface area contributed by atoms with Crippen LogP contribution in [0.5, 0.6) is 0 Å². The van der Waals surface area contributed by atoms with Crippen LogP contribution in [0, 0.1) is 5.92 Å². The van der Waals surface area contributed by atoms with Gasteiger partial charge >= 0.3 is 0 Å². The first kappa shape index (κ1) is 17.6.